The van der Waals surface area contributed by atoms with E-state index in [0.29, 0.717) is 6.61 Å². The molecule has 0 amide bonds. The second-order valence-electron chi connectivity index (χ2n) is 9.82. The van der Waals surface area contributed by atoms with Crippen molar-refractivity contribution in [3.8, 4) is 0 Å². The van der Waals surface area contributed by atoms with Gasteiger partial charge in [0.15, 0.2) is 0 Å². The van der Waals surface area contributed by atoms with Crippen LogP contribution in [-0.4, -0.2) is 17.0 Å². The number of alkyl halides is 1. The Morgan fingerprint density at radius 1 is 0.395 bits per heavy atom. The van der Waals surface area contributed by atoms with E-state index in [1.165, 1.54) is 83.5 Å². The second kappa shape index (κ2) is 40.4. The number of rotatable bonds is 26. The molecule has 0 aromatic heterocycles. The Labute approximate surface area is 247 Å². The molecule has 0 aromatic carbocycles. The molecular formula is C36H63BrO. The summed E-state index contributed by atoms with van der Waals surface area (Å²) in [6.07, 6.45) is 51.8. The first-order valence-corrected chi connectivity index (χ1v) is 17.0. The van der Waals surface area contributed by atoms with Gasteiger partial charge < -0.3 is 5.11 Å². The van der Waals surface area contributed by atoms with Crippen molar-refractivity contribution in [2.75, 3.05) is 11.9 Å². The lowest BCUT2D eigenvalue weighted by Crippen LogP contribution is -1.83. The predicted octanol–water partition coefficient (Wildman–Crippen LogP) is 12.5. The largest absolute Gasteiger partial charge is 0.396 e. The van der Waals surface area contributed by atoms with Crippen LogP contribution < -0.4 is 0 Å². The van der Waals surface area contributed by atoms with Crippen molar-refractivity contribution in [1.82, 2.24) is 0 Å². The number of hydrogen-bond donors (Lipinski definition) is 1. The van der Waals surface area contributed by atoms with E-state index < -0.39 is 0 Å². The summed E-state index contributed by atoms with van der Waals surface area (Å²) in [4.78, 5) is 0. The minimum atomic E-state index is 0.352. The Morgan fingerprint density at radius 3 is 1.08 bits per heavy atom. The Hall–Kier alpha value is -1.12. The monoisotopic (exact) mass is 590 g/mol. The topological polar surface area (TPSA) is 20.2 Å². The molecule has 0 rings (SSSR count). The average molecular weight is 592 g/mol. The molecule has 0 radical (unpaired) electrons. The molecule has 1 N–H and O–H groups in total. The maximum Gasteiger partial charge on any atom is 0.0431 e. The number of unbranched alkanes of at least 4 members (excludes halogenated alkanes) is 12. The van der Waals surface area contributed by atoms with E-state index in [1.54, 1.807) is 0 Å². The SMILES string of the molecule is CC/C=C\C/C=C\C/C=C\CCCCCCCCBr.CC/C=C\C/C=C\C/C=C\CCCCCCCCO. The fourth-order valence-electron chi connectivity index (χ4n) is 3.80. The maximum absolute atomic E-state index is 8.65. The van der Waals surface area contributed by atoms with Crippen LogP contribution in [0, 0.1) is 0 Å². The number of halogens is 1. The molecule has 2 heteroatoms. The van der Waals surface area contributed by atoms with Crippen LogP contribution in [0.4, 0.5) is 0 Å². The van der Waals surface area contributed by atoms with Crippen LogP contribution in [0.5, 0.6) is 0 Å². The van der Waals surface area contributed by atoms with Gasteiger partial charge in [-0.05, 0) is 77.0 Å². The van der Waals surface area contributed by atoms with E-state index in [1.807, 2.05) is 0 Å². The van der Waals surface area contributed by atoms with E-state index in [2.05, 4.69) is 103 Å². The molecule has 0 saturated carbocycles. The average Bonchev–Trinajstić information content (AvgIpc) is 2.93. The molecule has 0 bridgehead atoms. The first kappa shape index (κ1) is 39.0. The summed E-state index contributed by atoms with van der Waals surface area (Å²) in [6, 6.07) is 0. The summed E-state index contributed by atoms with van der Waals surface area (Å²) in [7, 11) is 0. The third-order valence-electron chi connectivity index (χ3n) is 6.09. The van der Waals surface area contributed by atoms with E-state index in [9.17, 15) is 0 Å². The van der Waals surface area contributed by atoms with Crippen LogP contribution in [0.25, 0.3) is 0 Å². The Morgan fingerprint density at radius 2 is 0.711 bits per heavy atom. The van der Waals surface area contributed by atoms with Gasteiger partial charge in [-0.25, -0.2) is 0 Å². The Bertz CT molecular complexity index is 530. The van der Waals surface area contributed by atoms with Gasteiger partial charge in [-0.15, -0.1) is 0 Å². The number of allylic oxidation sites excluding steroid dienone is 12. The molecule has 0 heterocycles. The molecule has 0 atom stereocenters. The first-order valence-electron chi connectivity index (χ1n) is 15.9. The van der Waals surface area contributed by atoms with Crippen LogP contribution in [0.1, 0.15) is 142 Å². The van der Waals surface area contributed by atoms with E-state index in [0.717, 1.165) is 50.3 Å². The highest BCUT2D eigenvalue weighted by molar-refractivity contribution is 9.09. The quantitative estimate of drug-likeness (QED) is 0.0603. The van der Waals surface area contributed by atoms with Gasteiger partial charge in [0.05, 0.1) is 0 Å². The van der Waals surface area contributed by atoms with Crippen molar-refractivity contribution >= 4 is 15.9 Å². The molecule has 0 aliphatic rings. The van der Waals surface area contributed by atoms with Gasteiger partial charge in [0, 0.05) is 11.9 Å². The zero-order valence-corrected chi connectivity index (χ0v) is 26.9. The zero-order chi connectivity index (χ0) is 28.0. The van der Waals surface area contributed by atoms with Crippen LogP contribution in [0.2, 0.25) is 0 Å². The second-order valence-corrected chi connectivity index (χ2v) is 10.6. The maximum atomic E-state index is 8.65. The number of hydrogen-bond acceptors (Lipinski definition) is 1. The van der Waals surface area contributed by atoms with Crippen LogP contribution in [0.15, 0.2) is 72.9 Å². The summed E-state index contributed by atoms with van der Waals surface area (Å²) in [5.74, 6) is 0. The molecule has 38 heavy (non-hydrogen) atoms. The molecule has 220 valence electrons. The summed E-state index contributed by atoms with van der Waals surface area (Å²) in [5, 5.41) is 9.82. The minimum Gasteiger partial charge on any atom is -0.396 e. The van der Waals surface area contributed by atoms with E-state index in [4.69, 9.17) is 5.11 Å². The minimum absolute atomic E-state index is 0.352. The molecule has 0 aliphatic heterocycles. The fraction of sp³-hybridized carbons (Fsp3) is 0.667. The van der Waals surface area contributed by atoms with Crippen LogP contribution in [-0.2, 0) is 0 Å². The smallest absolute Gasteiger partial charge is 0.0431 e. The molecule has 0 aliphatic carbocycles. The lowest BCUT2D eigenvalue weighted by molar-refractivity contribution is 0.282. The van der Waals surface area contributed by atoms with Crippen molar-refractivity contribution in [3.05, 3.63) is 72.9 Å². The zero-order valence-electron chi connectivity index (χ0n) is 25.3. The van der Waals surface area contributed by atoms with Gasteiger partial charge in [-0.3, -0.25) is 0 Å². The fourth-order valence-corrected chi connectivity index (χ4v) is 4.19. The van der Waals surface area contributed by atoms with Gasteiger partial charge >= 0.3 is 0 Å². The van der Waals surface area contributed by atoms with Crippen molar-refractivity contribution in [1.29, 1.82) is 0 Å². The summed E-state index contributed by atoms with van der Waals surface area (Å²) < 4.78 is 0. The lowest BCUT2D eigenvalue weighted by Gasteiger charge is -1.98. The van der Waals surface area contributed by atoms with E-state index in [-0.39, 0.29) is 0 Å². The van der Waals surface area contributed by atoms with Gasteiger partial charge in [-0.1, -0.05) is 154 Å². The molecule has 0 fully saturated rings. The summed E-state index contributed by atoms with van der Waals surface area (Å²) >= 11 is 3.47. The molecule has 0 aromatic rings. The number of aliphatic hydroxyl groups is 1. The third kappa shape index (κ3) is 42.0. The molecule has 0 unspecified atom stereocenters. The standard InChI is InChI=1S/C18H31Br.C18H32O/c2*1-2-3-4-5-6-7-8-9-10-11-12-13-14-15-16-17-18-19/h3-4,6-7,9-10H,2,5,8,11-18H2,1H3;3-4,6-7,9-10,19H,2,5,8,11-18H2,1H3/b2*4-3-,7-6-,10-9-. The summed E-state index contributed by atoms with van der Waals surface area (Å²) in [5.41, 5.74) is 0. The number of aliphatic hydroxyl groups excluding tert-OH is 1. The highest BCUT2D eigenvalue weighted by Gasteiger charge is 1.90. The van der Waals surface area contributed by atoms with Gasteiger partial charge in [0.2, 0.25) is 0 Å². The molecular weight excluding hydrogens is 528 g/mol. The Kier molecular flexibility index (Phi) is 41.5. The van der Waals surface area contributed by atoms with Crippen molar-refractivity contribution in [2.24, 2.45) is 0 Å². The lowest BCUT2D eigenvalue weighted by atomic mass is 10.1. The van der Waals surface area contributed by atoms with Crippen LogP contribution in [0.3, 0.4) is 0 Å². The van der Waals surface area contributed by atoms with E-state index >= 15 is 0 Å². The van der Waals surface area contributed by atoms with Crippen molar-refractivity contribution < 1.29 is 5.11 Å². The van der Waals surface area contributed by atoms with Crippen molar-refractivity contribution in [3.63, 3.8) is 0 Å². The van der Waals surface area contributed by atoms with Gasteiger partial charge in [0.1, 0.15) is 0 Å². The molecule has 0 saturated heterocycles. The van der Waals surface area contributed by atoms with Crippen LogP contribution >= 0.6 is 15.9 Å². The van der Waals surface area contributed by atoms with Crippen molar-refractivity contribution in [2.45, 2.75) is 142 Å². The third-order valence-corrected chi connectivity index (χ3v) is 6.65. The first-order chi connectivity index (χ1) is 18.8. The highest BCUT2D eigenvalue weighted by atomic mass is 79.9. The Balaban J connectivity index is 0. The normalized spacial score (nSPS) is 12.3. The highest BCUT2D eigenvalue weighted by Crippen LogP contribution is 2.09. The molecule has 0 spiro atoms. The molecule has 1 nitrogen and oxygen atoms in total. The van der Waals surface area contributed by atoms with Gasteiger partial charge in [0.25, 0.3) is 0 Å². The summed E-state index contributed by atoms with van der Waals surface area (Å²) in [6.45, 7) is 4.69. The predicted molar refractivity (Wildman–Crippen MR) is 179 cm³/mol. The van der Waals surface area contributed by atoms with Gasteiger partial charge in [-0.2, -0.15) is 0 Å².